The first-order valence-electron chi connectivity index (χ1n) is 8.86. The van der Waals surface area contributed by atoms with Crippen LogP contribution in [0.15, 0.2) is 66.9 Å². The van der Waals surface area contributed by atoms with E-state index in [0.717, 1.165) is 11.5 Å². The van der Waals surface area contributed by atoms with Crippen LogP contribution in [-0.2, 0) is 9.97 Å². The molecule has 10 heteroatoms. The molecule has 4 aromatic rings. The zero-order valence-corrected chi connectivity index (χ0v) is 17.7. The van der Waals surface area contributed by atoms with Crippen molar-refractivity contribution < 1.29 is 13.2 Å². The van der Waals surface area contributed by atoms with Gasteiger partial charge in [0.05, 0.1) is 11.9 Å². The lowest BCUT2D eigenvalue weighted by molar-refractivity contribution is -0.141. The lowest BCUT2D eigenvalue weighted by Gasteiger charge is -2.13. The Bertz CT molecular complexity index is 1240. The van der Waals surface area contributed by atoms with Crippen LogP contribution >= 0.6 is 34.8 Å². The summed E-state index contributed by atoms with van der Waals surface area (Å²) < 4.78 is 37.4. The van der Waals surface area contributed by atoms with Gasteiger partial charge in [-0.1, -0.05) is 59.1 Å². The third kappa shape index (κ3) is 4.84. The van der Waals surface area contributed by atoms with Crippen molar-refractivity contribution >= 4 is 57.1 Å². The van der Waals surface area contributed by atoms with Crippen LogP contribution in [0.3, 0.4) is 0 Å². The van der Waals surface area contributed by atoms with E-state index in [9.17, 15) is 13.2 Å². The summed E-state index contributed by atoms with van der Waals surface area (Å²) in [6, 6.07) is 15.7. The van der Waals surface area contributed by atoms with Crippen molar-refractivity contribution in [1.82, 2.24) is 15.2 Å². The number of fused-ring (bicyclic) bond motifs is 1. The highest BCUT2D eigenvalue weighted by Crippen LogP contribution is 2.38. The molecule has 0 aliphatic heterocycles. The Morgan fingerprint density at radius 1 is 0.871 bits per heavy atom. The third-order valence-electron chi connectivity index (χ3n) is 4.47. The molecule has 0 saturated heterocycles. The maximum Gasteiger partial charge on any atom is 0.433 e. The molecule has 4 nitrogen and oxygen atoms in total. The predicted molar refractivity (Wildman–Crippen MR) is 117 cm³/mol. The number of halogens is 6. The summed E-state index contributed by atoms with van der Waals surface area (Å²) in [5.41, 5.74) is 1.02. The molecule has 31 heavy (non-hydrogen) atoms. The molecule has 0 fully saturated rings. The van der Waals surface area contributed by atoms with Gasteiger partial charge in [0.25, 0.3) is 0 Å². The molecule has 0 amide bonds. The van der Waals surface area contributed by atoms with E-state index in [-0.39, 0.29) is 5.69 Å². The quantitative estimate of drug-likeness (QED) is 0.311. The summed E-state index contributed by atoms with van der Waals surface area (Å²) in [4.78, 5) is 3.73. The molecule has 2 aromatic heterocycles. The van der Waals surface area contributed by atoms with Crippen molar-refractivity contribution in [2.45, 2.75) is 9.97 Å². The molecular formula is C21H12Cl3F3N4. The van der Waals surface area contributed by atoms with Crippen LogP contribution in [0.2, 0.25) is 0 Å². The van der Waals surface area contributed by atoms with Gasteiger partial charge in [-0.25, -0.2) is 4.98 Å². The summed E-state index contributed by atoms with van der Waals surface area (Å²) in [6.07, 6.45) is -2.98. The first kappa shape index (κ1) is 21.6. The van der Waals surface area contributed by atoms with Crippen LogP contribution in [0.25, 0.3) is 22.0 Å². The van der Waals surface area contributed by atoms with Gasteiger partial charge in [-0.15, -0.1) is 5.10 Å². The number of nitrogens with zero attached hydrogens (tertiary/aromatic N) is 3. The Kier molecular flexibility index (Phi) is 5.68. The number of nitrogens with one attached hydrogen (secondary N) is 1. The molecule has 2 aromatic carbocycles. The smallest absolute Gasteiger partial charge is 0.338 e. The number of aromatic nitrogens is 3. The average molecular weight is 484 g/mol. The van der Waals surface area contributed by atoms with Gasteiger partial charge in [0.15, 0.2) is 5.82 Å². The van der Waals surface area contributed by atoms with Crippen LogP contribution in [0, 0.1) is 0 Å². The summed E-state index contributed by atoms with van der Waals surface area (Å²) in [5.74, 6) is 0.475. The van der Waals surface area contributed by atoms with Crippen LogP contribution in [0.4, 0.5) is 24.7 Å². The molecule has 0 radical (unpaired) electrons. The normalized spacial score (nSPS) is 12.2. The van der Waals surface area contributed by atoms with Gasteiger partial charge in [-0.2, -0.15) is 18.3 Å². The van der Waals surface area contributed by atoms with Crippen LogP contribution in [0.1, 0.15) is 11.3 Å². The van der Waals surface area contributed by atoms with Crippen molar-refractivity contribution in [2.75, 3.05) is 5.32 Å². The fraction of sp³-hybridized carbons (Fsp3) is 0.0952. The fourth-order valence-electron chi connectivity index (χ4n) is 2.97. The SMILES string of the molecule is FC(F)(F)c1cccc(-c2ccc3c(Nc4ccc(C(Cl)(Cl)Cl)cc4)nncc3c2)n1. The second-order valence-corrected chi connectivity index (χ2v) is 8.88. The monoisotopic (exact) mass is 482 g/mol. The van der Waals surface area contributed by atoms with E-state index in [4.69, 9.17) is 34.8 Å². The van der Waals surface area contributed by atoms with E-state index >= 15 is 0 Å². The topological polar surface area (TPSA) is 50.7 Å². The fourth-order valence-corrected chi connectivity index (χ4v) is 3.35. The Morgan fingerprint density at radius 2 is 1.61 bits per heavy atom. The average Bonchev–Trinajstić information content (AvgIpc) is 2.73. The maximum atomic E-state index is 13.0. The van der Waals surface area contributed by atoms with Gasteiger partial charge < -0.3 is 5.32 Å². The molecule has 1 N–H and O–H groups in total. The summed E-state index contributed by atoms with van der Waals surface area (Å²) >= 11 is 17.6. The van der Waals surface area contributed by atoms with Gasteiger partial charge in [0.1, 0.15) is 5.69 Å². The summed E-state index contributed by atoms with van der Waals surface area (Å²) in [6.45, 7) is 0. The van der Waals surface area contributed by atoms with Gasteiger partial charge in [-0.05, 0) is 36.4 Å². The molecule has 2 heterocycles. The second kappa shape index (κ2) is 8.15. The van der Waals surface area contributed by atoms with E-state index in [1.54, 1.807) is 42.5 Å². The highest BCUT2D eigenvalue weighted by atomic mass is 35.6. The molecule has 0 spiro atoms. The molecular weight excluding hydrogens is 472 g/mol. The largest absolute Gasteiger partial charge is 0.433 e. The Morgan fingerprint density at radius 3 is 2.29 bits per heavy atom. The Balaban J connectivity index is 1.66. The predicted octanol–water partition coefficient (Wildman–Crippen LogP) is 7.28. The van der Waals surface area contributed by atoms with Crippen molar-refractivity contribution in [3.8, 4) is 11.3 Å². The number of rotatable bonds is 3. The number of hydrogen-bond acceptors (Lipinski definition) is 4. The molecule has 4 rings (SSSR count). The van der Waals surface area contributed by atoms with Crippen LogP contribution in [0.5, 0.6) is 0 Å². The minimum absolute atomic E-state index is 0.213. The third-order valence-corrected chi connectivity index (χ3v) is 5.13. The molecule has 0 saturated carbocycles. The van der Waals surface area contributed by atoms with Crippen molar-refractivity contribution in [2.24, 2.45) is 0 Å². The highest BCUT2D eigenvalue weighted by Gasteiger charge is 2.32. The van der Waals surface area contributed by atoms with Gasteiger partial charge in [0.2, 0.25) is 3.79 Å². The molecule has 0 atom stereocenters. The zero-order valence-electron chi connectivity index (χ0n) is 15.5. The minimum atomic E-state index is -4.51. The van der Waals surface area contributed by atoms with Gasteiger partial charge >= 0.3 is 6.18 Å². The van der Waals surface area contributed by atoms with Crippen molar-refractivity contribution in [1.29, 1.82) is 0 Å². The van der Waals surface area contributed by atoms with E-state index in [1.165, 1.54) is 18.3 Å². The number of hydrogen-bond donors (Lipinski definition) is 1. The number of benzene rings is 2. The molecule has 0 aliphatic carbocycles. The first-order valence-corrected chi connectivity index (χ1v) is 9.99. The number of pyridine rings is 1. The number of alkyl halides is 6. The lowest BCUT2D eigenvalue weighted by atomic mass is 10.1. The molecule has 0 bridgehead atoms. The van der Waals surface area contributed by atoms with Gasteiger partial charge in [0, 0.05) is 27.6 Å². The van der Waals surface area contributed by atoms with Crippen LogP contribution < -0.4 is 5.32 Å². The van der Waals surface area contributed by atoms with E-state index in [0.29, 0.717) is 28.0 Å². The maximum absolute atomic E-state index is 13.0. The van der Waals surface area contributed by atoms with E-state index in [2.05, 4.69) is 20.5 Å². The number of anilines is 2. The summed E-state index contributed by atoms with van der Waals surface area (Å²) in [5, 5.41) is 12.7. The second-order valence-electron chi connectivity index (χ2n) is 6.60. The standard InChI is InChI=1S/C21H12Cl3F3N4/c22-20(23,24)14-5-7-15(8-6-14)29-19-16-9-4-12(10-13(16)11-28-31-19)17-2-1-3-18(30-17)21(25,26)27/h1-11H,(H,29,31). The lowest BCUT2D eigenvalue weighted by Crippen LogP contribution is -2.08. The van der Waals surface area contributed by atoms with E-state index < -0.39 is 15.7 Å². The minimum Gasteiger partial charge on any atom is -0.338 e. The van der Waals surface area contributed by atoms with Crippen LogP contribution in [-0.4, -0.2) is 15.2 Å². The Hall–Kier alpha value is -2.61. The van der Waals surface area contributed by atoms with Gasteiger partial charge in [-0.3, -0.25) is 0 Å². The zero-order chi connectivity index (χ0) is 22.2. The molecule has 0 unspecified atom stereocenters. The Labute approximate surface area is 190 Å². The first-order chi connectivity index (χ1) is 14.6. The van der Waals surface area contributed by atoms with Crippen molar-refractivity contribution in [3.63, 3.8) is 0 Å². The molecule has 158 valence electrons. The van der Waals surface area contributed by atoms with Crippen molar-refractivity contribution in [3.05, 3.63) is 78.1 Å². The van der Waals surface area contributed by atoms with E-state index in [1.807, 2.05) is 0 Å². The highest BCUT2D eigenvalue weighted by molar-refractivity contribution is 6.66. The molecule has 0 aliphatic rings. The summed E-state index contributed by atoms with van der Waals surface area (Å²) in [7, 11) is 0.